The number of carbonyl (C=O) groups is 1. The van der Waals surface area contributed by atoms with Crippen LogP contribution in [0, 0.1) is 5.92 Å². The molecular weight excluding hydrogens is 356 g/mol. The van der Waals surface area contributed by atoms with Gasteiger partial charge in [-0.1, -0.05) is 19.4 Å². The van der Waals surface area contributed by atoms with Crippen LogP contribution < -0.4 is 9.47 Å². The molecule has 0 aromatic heterocycles. The van der Waals surface area contributed by atoms with E-state index < -0.39 is 0 Å². The van der Waals surface area contributed by atoms with Gasteiger partial charge in [-0.25, -0.2) is 0 Å². The summed E-state index contributed by atoms with van der Waals surface area (Å²) in [6, 6.07) is 7.03. The SMILES string of the molecule is CCCCOCC(=O)N1C[C@@H](c2ccc3c(c2)OCO3)[C@@H]2[C@H]1C1CCN2CC1. The average Bonchev–Trinajstić information content (AvgIpc) is 3.37. The topological polar surface area (TPSA) is 51.2 Å². The second-order valence-corrected chi connectivity index (χ2v) is 8.53. The fourth-order valence-corrected chi connectivity index (χ4v) is 5.63. The minimum Gasteiger partial charge on any atom is -0.454 e. The van der Waals surface area contributed by atoms with Crippen LogP contribution in [0.15, 0.2) is 18.2 Å². The second kappa shape index (κ2) is 7.56. The third-order valence-electron chi connectivity index (χ3n) is 7.01. The summed E-state index contributed by atoms with van der Waals surface area (Å²) in [4.78, 5) is 17.8. The van der Waals surface area contributed by atoms with Crippen molar-refractivity contribution in [3.8, 4) is 11.5 Å². The number of rotatable bonds is 6. The summed E-state index contributed by atoms with van der Waals surface area (Å²) < 4.78 is 16.8. The molecule has 5 heterocycles. The van der Waals surface area contributed by atoms with Gasteiger partial charge in [0.25, 0.3) is 0 Å². The number of piperidine rings is 3. The maximum atomic E-state index is 13.0. The van der Waals surface area contributed by atoms with Crippen LogP contribution in [0.5, 0.6) is 11.5 Å². The third kappa shape index (κ3) is 3.07. The molecule has 0 spiro atoms. The number of unbranched alkanes of at least 4 members (excludes halogenated alkanes) is 1. The van der Waals surface area contributed by atoms with Crippen LogP contribution in [0.1, 0.15) is 44.1 Å². The van der Waals surface area contributed by atoms with E-state index in [1.54, 1.807) is 0 Å². The Hall–Kier alpha value is -1.79. The lowest BCUT2D eigenvalue weighted by Crippen LogP contribution is -2.61. The molecule has 0 radical (unpaired) electrons. The largest absolute Gasteiger partial charge is 0.454 e. The molecule has 3 atom stereocenters. The monoisotopic (exact) mass is 386 g/mol. The van der Waals surface area contributed by atoms with Crippen molar-refractivity contribution in [3.63, 3.8) is 0 Å². The van der Waals surface area contributed by atoms with Crippen molar-refractivity contribution in [2.75, 3.05) is 39.6 Å². The zero-order valence-corrected chi connectivity index (χ0v) is 16.6. The van der Waals surface area contributed by atoms with E-state index in [0.717, 1.165) is 44.0 Å². The van der Waals surface area contributed by atoms with E-state index in [1.165, 1.54) is 18.4 Å². The molecule has 6 nitrogen and oxygen atoms in total. The first-order valence-electron chi connectivity index (χ1n) is 10.8. The van der Waals surface area contributed by atoms with Gasteiger partial charge in [-0.05, 0) is 56.0 Å². The maximum Gasteiger partial charge on any atom is 0.248 e. The summed E-state index contributed by atoms with van der Waals surface area (Å²) in [5, 5.41) is 0. The third-order valence-corrected chi connectivity index (χ3v) is 7.01. The highest BCUT2D eigenvalue weighted by molar-refractivity contribution is 5.78. The number of hydrogen-bond donors (Lipinski definition) is 0. The number of carbonyl (C=O) groups excluding carboxylic acids is 1. The average molecular weight is 386 g/mol. The van der Waals surface area contributed by atoms with E-state index in [4.69, 9.17) is 14.2 Å². The Kier molecular flexibility index (Phi) is 4.93. The molecule has 152 valence electrons. The highest BCUT2D eigenvalue weighted by Gasteiger charge is 2.54. The Bertz CT molecular complexity index is 731. The quantitative estimate of drug-likeness (QED) is 0.704. The molecule has 4 fully saturated rings. The zero-order valence-electron chi connectivity index (χ0n) is 16.6. The number of nitrogens with zero attached hydrogens (tertiary/aromatic N) is 2. The van der Waals surface area contributed by atoms with Gasteiger partial charge in [-0.15, -0.1) is 0 Å². The summed E-state index contributed by atoms with van der Waals surface area (Å²) in [6.07, 6.45) is 4.51. The maximum absolute atomic E-state index is 13.0. The fraction of sp³-hybridized carbons (Fsp3) is 0.682. The van der Waals surface area contributed by atoms with E-state index in [1.807, 2.05) is 6.07 Å². The summed E-state index contributed by atoms with van der Waals surface area (Å²) in [6.45, 7) is 6.40. The van der Waals surface area contributed by atoms with Crippen LogP contribution in [0.4, 0.5) is 0 Å². The van der Waals surface area contributed by atoms with Gasteiger partial charge in [0.05, 0.1) is 6.04 Å². The molecule has 2 bridgehead atoms. The predicted octanol–water partition coefficient (Wildman–Crippen LogP) is 2.62. The molecule has 5 aliphatic heterocycles. The van der Waals surface area contributed by atoms with Crippen LogP contribution in [0.3, 0.4) is 0 Å². The first-order chi connectivity index (χ1) is 13.8. The van der Waals surface area contributed by atoms with Crippen molar-refractivity contribution in [3.05, 3.63) is 23.8 Å². The van der Waals surface area contributed by atoms with Crippen molar-refractivity contribution in [2.24, 2.45) is 5.92 Å². The zero-order chi connectivity index (χ0) is 19.1. The molecule has 0 N–H and O–H groups in total. The standard InChI is InChI=1S/C22H30N2O4/c1-2-3-10-26-13-20(25)24-12-17(16-4-5-18-19(11-16)28-14-27-18)22-21(24)15-6-8-23(22)9-7-15/h4-5,11,15,17,21-22H,2-3,6-10,12-14H2,1H3/t17-,21+,22+/m0/s1. The summed E-state index contributed by atoms with van der Waals surface area (Å²) in [7, 11) is 0. The van der Waals surface area contributed by atoms with E-state index >= 15 is 0 Å². The number of benzene rings is 1. The molecule has 4 saturated heterocycles. The van der Waals surface area contributed by atoms with Gasteiger partial charge in [0.2, 0.25) is 12.7 Å². The molecule has 6 rings (SSSR count). The minimum absolute atomic E-state index is 0.156. The lowest BCUT2D eigenvalue weighted by atomic mass is 9.75. The number of ether oxygens (including phenoxy) is 3. The van der Waals surface area contributed by atoms with E-state index in [9.17, 15) is 4.79 Å². The first-order valence-corrected chi connectivity index (χ1v) is 10.8. The molecule has 0 saturated carbocycles. The van der Waals surface area contributed by atoms with Gasteiger partial charge in [0.15, 0.2) is 11.5 Å². The van der Waals surface area contributed by atoms with E-state index in [0.29, 0.717) is 37.3 Å². The molecule has 1 amide bonds. The number of hydrogen-bond acceptors (Lipinski definition) is 5. The Balaban J connectivity index is 1.38. The molecule has 0 aliphatic carbocycles. The van der Waals surface area contributed by atoms with E-state index in [2.05, 4.69) is 28.9 Å². The van der Waals surface area contributed by atoms with Crippen LogP contribution in [-0.2, 0) is 9.53 Å². The smallest absolute Gasteiger partial charge is 0.248 e. The Morgan fingerprint density at radius 1 is 1.18 bits per heavy atom. The number of amides is 1. The molecular formula is C22H30N2O4. The van der Waals surface area contributed by atoms with Crippen molar-refractivity contribution < 1.29 is 19.0 Å². The van der Waals surface area contributed by atoms with Crippen molar-refractivity contribution in [2.45, 2.75) is 50.6 Å². The summed E-state index contributed by atoms with van der Waals surface area (Å²) >= 11 is 0. The van der Waals surface area contributed by atoms with Gasteiger partial charge in [-0.2, -0.15) is 0 Å². The lowest BCUT2D eigenvalue weighted by molar-refractivity contribution is -0.140. The highest BCUT2D eigenvalue weighted by atomic mass is 16.7. The van der Waals surface area contributed by atoms with Crippen molar-refractivity contribution >= 4 is 5.91 Å². The van der Waals surface area contributed by atoms with Crippen LogP contribution in [0.2, 0.25) is 0 Å². The van der Waals surface area contributed by atoms with Crippen LogP contribution >= 0.6 is 0 Å². The van der Waals surface area contributed by atoms with Gasteiger partial charge in [0.1, 0.15) is 6.61 Å². The Morgan fingerprint density at radius 2 is 2.00 bits per heavy atom. The van der Waals surface area contributed by atoms with E-state index in [-0.39, 0.29) is 12.5 Å². The minimum atomic E-state index is 0.156. The summed E-state index contributed by atoms with van der Waals surface area (Å²) in [5.74, 6) is 2.75. The molecule has 1 aromatic carbocycles. The lowest BCUT2D eigenvalue weighted by Gasteiger charge is -2.51. The van der Waals surface area contributed by atoms with Crippen molar-refractivity contribution in [1.29, 1.82) is 0 Å². The molecule has 6 heteroatoms. The van der Waals surface area contributed by atoms with Gasteiger partial charge >= 0.3 is 0 Å². The normalized spacial score (nSPS) is 32.6. The highest BCUT2D eigenvalue weighted by Crippen LogP contribution is 2.47. The number of likely N-dealkylation sites (tertiary alicyclic amines) is 1. The van der Waals surface area contributed by atoms with Crippen LogP contribution in [-0.4, -0.2) is 67.4 Å². The van der Waals surface area contributed by atoms with Gasteiger partial charge < -0.3 is 19.1 Å². The second-order valence-electron chi connectivity index (χ2n) is 8.53. The predicted molar refractivity (Wildman–Crippen MR) is 105 cm³/mol. The molecule has 28 heavy (non-hydrogen) atoms. The van der Waals surface area contributed by atoms with Crippen molar-refractivity contribution in [1.82, 2.24) is 9.80 Å². The summed E-state index contributed by atoms with van der Waals surface area (Å²) in [5.41, 5.74) is 1.26. The Labute approximate surface area is 166 Å². The van der Waals surface area contributed by atoms with Gasteiger partial charge in [0, 0.05) is 25.1 Å². The molecule has 0 unspecified atom stereocenters. The fourth-order valence-electron chi connectivity index (χ4n) is 5.63. The molecule has 1 aromatic rings. The first kappa shape index (κ1) is 18.3. The number of fused-ring (bicyclic) bond motifs is 3. The van der Waals surface area contributed by atoms with Crippen LogP contribution in [0.25, 0.3) is 0 Å². The Morgan fingerprint density at radius 3 is 2.82 bits per heavy atom. The van der Waals surface area contributed by atoms with Gasteiger partial charge in [-0.3, -0.25) is 9.69 Å². The molecule has 5 aliphatic rings.